The first kappa shape index (κ1) is 24.9. The number of benzene rings is 2. The highest BCUT2D eigenvalue weighted by atomic mass is 32.2. The zero-order valence-corrected chi connectivity index (χ0v) is 19.4. The molecule has 1 heterocycles. The number of nitro groups is 1. The molecule has 34 heavy (non-hydrogen) atoms. The third-order valence-corrected chi connectivity index (χ3v) is 7.08. The van der Waals surface area contributed by atoms with Crippen molar-refractivity contribution >= 4 is 33.4 Å². The Kier molecular flexibility index (Phi) is 7.68. The number of sulfonamides is 1. The van der Waals surface area contributed by atoms with Crippen molar-refractivity contribution < 1.29 is 32.4 Å². The third-order valence-electron chi connectivity index (χ3n) is 5.16. The molecule has 1 aliphatic rings. The van der Waals surface area contributed by atoms with Gasteiger partial charge in [-0.05, 0) is 37.3 Å². The molecule has 0 atom stereocenters. The Labute approximate surface area is 196 Å². The second-order valence-electron chi connectivity index (χ2n) is 7.21. The summed E-state index contributed by atoms with van der Waals surface area (Å²) < 4.78 is 37.2. The SMILES string of the molecule is CCOC(=O)N1CCN(S(=O)(=O)c2ccc(C(=O)Nc3ccc([N+](=O)[O-])cc3OC)cc2)CC1. The van der Waals surface area contributed by atoms with Crippen LogP contribution in [-0.2, 0) is 14.8 Å². The molecule has 2 amide bonds. The summed E-state index contributed by atoms with van der Waals surface area (Å²) >= 11 is 0. The van der Waals surface area contributed by atoms with E-state index in [2.05, 4.69) is 5.32 Å². The number of anilines is 1. The summed E-state index contributed by atoms with van der Waals surface area (Å²) in [7, 11) is -2.49. The standard InChI is InChI=1S/C21H24N4O8S/c1-3-33-21(27)23-10-12-24(13-11-23)34(30,31)17-7-4-15(5-8-17)20(26)22-18-9-6-16(25(28)29)14-19(18)32-2/h4-9,14H,3,10-13H2,1-2H3,(H,22,26). The number of nitrogens with one attached hydrogen (secondary N) is 1. The maximum absolute atomic E-state index is 13.0. The smallest absolute Gasteiger partial charge is 0.409 e. The fourth-order valence-corrected chi connectivity index (χ4v) is 4.77. The molecule has 0 spiro atoms. The van der Waals surface area contributed by atoms with E-state index in [1.807, 2.05) is 0 Å². The molecule has 0 saturated carbocycles. The van der Waals surface area contributed by atoms with E-state index in [9.17, 15) is 28.1 Å². The van der Waals surface area contributed by atoms with Crippen molar-refractivity contribution in [3.05, 3.63) is 58.1 Å². The molecule has 182 valence electrons. The van der Waals surface area contributed by atoms with E-state index >= 15 is 0 Å². The van der Waals surface area contributed by atoms with Crippen LogP contribution in [0.3, 0.4) is 0 Å². The summed E-state index contributed by atoms with van der Waals surface area (Å²) in [5.74, 6) is -0.428. The summed E-state index contributed by atoms with van der Waals surface area (Å²) in [5.41, 5.74) is 0.230. The molecule has 2 aromatic carbocycles. The van der Waals surface area contributed by atoms with Gasteiger partial charge in [0.2, 0.25) is 10.0 Å². The number of carbonyl (C=O) groups excluding carboxylic acids is 2. The van der Waals surface area contributed by atoms with Crippen molar-refractivity contribution in [1.82, 2.24) is 9.21 Å². The second kappa shape index (κ2) is 10.5. The maximum Gasteiger partial charge on any atom is 0.409 e. The topological polar surface area (TPSA) is 148 Å². The molecule has 1 fully saturated rings. The summed E-state index contributed by atoms with van der Waals surface area (Å²) in [5, 5.41) is 13.5. The molecule has 0 radical (unpaired) electrons. The van der Waals surface area contributed by atoms with E-state index in [1.165, 1.54) is 58.8 Å². The molecule has 13 heteroatoms. The Morgan fingerprint density at radius 1 is 1.09 bits per heavy atom. The molecule has 1 N–H and O–H groups in total. The van der Waals surface area contributed by atoms with Gasteiger partial charge in [-0.15, -0.1) is 0 Å². The Balaban J connectivity index is 1.68. The lowest BCUT2D eigenvalue weighted by molar-refractivity contribution is -0.384. The van der Waals surface area contributed by atoms with Crippen molar-refractivity contribution in [2.45, 2.75) is 11.8 Å². The molecule has 3 rings (SSSR count). The van der Waals surface area contributed by atoms with Crippen LogP contribution in [0.15, 0.2) is 47.4 Å². The predicted octanol–water partition coefficient (Wildman–Crippen LogP) is 2.32. The van der Waals surface area contributed by atoms with Gasteiger partial charge in [0.1, 0.15) is 5.75 Å². The molecule has 0 unspecified atom stereocenters. The van der Waals surface area contributed by atoms with Crippen LogP contribution in [0.1, 0.15) is 17.3 Å². The van der Waals surface area contributed by atoms with Gasteiger partial charge in [-0.2, -0.15) is 4.31 Å². The van der Waals surface area contributed by atoms with Crippen molar-refractivity contribution in [1.29, 1.82) is 0 Å². The zero-order chi connectivity index (χ0) is 24.9. The molecule has 0 aliphatic carbocycles. The molecule has 0 bridgehead atoms. The largest absolute Gasteiger partial charge is 0.494 e. The van der Waals surface area contributed by atoms with Gasteiger partial charge in [0.15, 0.2) is 0 Å². The summed E-state index contributed by atoms with van der Waals surface area (Å²) in [6, 6.07) is 9.17. The van der Waals surface area contributed by atoms with Crippen LogP contribution in [-0.4, -0.2) is 74.4 Å². The number of piperazine rings is 1. The number of rotatable bonds is 7. The molecule has 1 aliphatic heterocycles. The lowest BCUT2D eigenvalue weighted by atomic mass is 10.2. The summed E-state index contributed by atoms with van der Waals surface area (Å²) in [6.45, 7) is 2.64. The van der Waals surface area contributed by atoms with Crippen molar-refractivity contribution in [3.8, 4) is 5.75 Å². The van der Waals surface area contributed by atoms with E-state index in [0.29, 0.717) is 0 Å². The first-order valence-electron chi connectivity index (χ1n) is 10.3. The number of ether oxygens (including phenoxy) is 2. The van der Waals surface area contributed by atoms with E-state index in [1.54, 1.807) is 6.92 Å². The van der Waals surface area contributed by atoms with Gasteiger partial charge < -0.3 is 19.7 Å². The lowest BCUT2D eigenvalue weighted by Crippen LogP contribution is -2.50. The first-order valence-corrected chi connectivity index (χ1v) is 11.8. The van der Waals surface area contributed by atoms with Crippen LogP contribution in [0.2, 0.25) is 0 Å². The van der Waals surface area contributed by atoms with E-state index < -0.39 is 26.9 Å². The molecule has 2 aromatic rings. The summed E-state index contributed by atoms with van der Waals surface area (Å²) in [6.07, 6.45) is -0.473. The first-order chi connectivity index (χ1) is 16.2. The van der Waals surface area contributed by atoms with Gasteiger partial charge in [-0.3, -0.25) is 14.9 Å². The van der Waals surface area contributed by atoms with Crippen molar-refractivity contribution in [2.24, 2.45) is 0 Å². The average molecular weight is 493 g/mol. The molecule has 0 aromatic heterocycles. The van der Waals surface area contributed by atoms with Crippen LogP contribution in [0.25, 0.3) is 0 Å². The van der Waals surface area contributed by atoms with E-state index in [4.69, 9.17) is 9.47 Å². The predicted molar refractivity (Wildman–Crippen MR) is 121 cm³/mol. The van der Waals surface area contributed by atoms with Gasteiger partial charge in [-0.1, -0.05) is 0 Å². The summed E-state index contributed by atoms with van der Waals surface area (Å²) in [4.78, 5) is 36.2. The number of nitrogens with zero attached hydrogens (tertiary/aromatic N) is 3. The van der Waals surface area contributed by atoms with Gasteiger partial charge in [-0.25, -0.2) is 13.2 Å². The normalized spacial score (nSPS) is 14.4. The molecular formula is C21H24N4O8S. The number of carbonyl (C=O) groups is 2. The second-order valence-corrected chi connectivity index (χ2v) is 9.15. The van der Waals surface area contributed by atoms with E-state index in [0.717, 1.165) is 0 Å². The fourth-order valence-electron chi connectivity index (χ4n) is 3.34. The highest BCUT2D eigenvalue weighted by Crippen LogP contribution is 2.29. The zero-order valence-electron chi connectivity index (χ0n) is 18.6. The van der Waals surface area contributed by atoms with Gasteiger partial charge in [0, 0.05) is 37.8 Å². The minimum absolute atomic E-state index is 0.0153. The van der Waals surface area contributed by atoms with Crippen LogP contribution in [0, 0.1) is 10.1 Å². The van der Waals surface area contributed by atoms with Crippen LogP contribution < -0.4 is 10.1 Å². The Bertz CT molecular complexity index is 1180. The quantitative estimate of drug-likeness (QED) is 0.457. The molecular weight excluding hydrogens is 468 g/mol. The number of amides is 2. The number of hydrogen-bond donors (Lipinski definition) is 1. The average Bonchev–Trinajstić information content (AvgIpc) is 2.84. The van der Waals surface area contributed by atoms with Crippen LogP contribution in [0.4, 0.5) is 16.2 Å². The fraction of sp³-hybridized carbons (Fsp3) is 0.333. The highest BCUT2D eigenvalue weighted by molar-refractivity contribution is 7.89. The number of methoxy groups -OCH3 is 1. The molecule has 1 saturated heterocycles. The van der Waals surface area contributed by atoms with E-state index in [-0.39, 0.29) is 60.4 Å². The Morgan fingerprint density at radius 2 is 1.74 bits per heavy atom. The number of hydrogen-bond acceptors (Lipinski definition) is 8. The van der Waals surface area contributed by atoms with Gasteiger partial charge in [0.05, 0.1) is 35.3 Å². The van der Waals surface area contributed by atoms with Gasteiger partial charge in [0.25, 0.3) is 11.6 Å². The number of nitro benzene ring substituents is 1. The Hall–Kier alpha value is -3.71. The highest BCUT2D eigenvalue weighted by Gasteiger charge is 2.30. The van der Waals surface area contributed by atoms with Crippen LogP contribution >= 0.6 is 0 Å². The number of non-ortho nitro benzene ring substituents is 1. The lowest BCUT2D eigenvalue weighted by Gasteiger charge is -2.33. The van der Waals surface area contributed by atoms with Gasteiger partial charge >= 0.3 is 6.09 Å². The third kappa shape index (κ3) is 5.43. The maximum atomic E-state index is 13.0. The van der Waals surface area contributed by atoms with Crippen molar-refractivity contribution in [2.75, 3.05) is 45.2 Å². The minimum Gasteiger partial charge on any atom is -0.494 e. The monoisotopic (exact) mass is 492 g/mol. The molecule has 12 nitrogen and oxygen atoms in total. The van der Waals surface area contributed by atoms with Crippen LogP contribution in [0.5, 0.6) is 5.75 Å². The minimum atomic E-state index is -3.81. The Morgan fingerprint density at radius 3 is 2.29 bits per heavy atom. The van der Waals surface area contributed by atoms with Crippen molar-refractivity contribution in [3.63, 3.8) is 0 Å².